The summed E-state index contributed by atoms with van der Waals surface area (Å²) < 4.78 is 0. The average molecular weight is 346 g/mol. The summed E-state index contributed by atoms with van der Waals surface area (Å²) in [7, 11) is 0. The highest BCUT2D eigenvalue weighted by atomic mass is 16.2. The Morgan fingerprint density at radius 2 is 2.12 bits per heavy atom. The molecule has 0 saturated carbocycles. The Labute approximate surface area is 150 Å². The molecule has 0 aromatic carbocycles. The normalized spacial score (nSPS) is 24.4. The highest BCUT2D eigenvalue weighted by molar-refractivity contribution is 5.78. The summed E-state index contributed by atoms with van der Waals surface area (Å²) in [5, 5.41) is 3.50. The van der Waals surface area contributed by atoms with Crippen LogP contribution in [0.1, 0.15) is 39.0 Å². The maximum Gasteiger partial charge on any atom is 0.236 e. The van der Waals surface area contributed by atoms with Crippen molar-refractivity contribution < 1.29 is 4.79 Å². The van der Waals surface area contributed by atoms with Crippen molar-refractivity contribution in [1.82, 2.24) is 19.8 Å². The number of nitrogen functional groups attached to an aromatic ring is 1. The van der Waals surface area contributed by atoms with Gasteiger partial charge >= 0.3 is 0 Å². The van der Waals surface area contributed by atoms with Crippen LogP contribution in [0.4, 0.5) is 11.8 Å². The summed E-state index contributed by atoms with van der Waals surface area (Å²) in [6.45, 7) is 6.42. The molecule has 138 valence electrons. The van der Waals surface area contributed by atoms with Crippen molar-refractivity contribution in [2.24, 2.45) is 5.92 Å². The van der Waals surface area contributed by atoms with Crippen LogP contribution in [0.3, 0.4) is 0 Å². The highest BCUT2D eigenvalue weighted by Crippen LogP contribution is 2.25. The molecule has 1 aromatic rings. The zero-order chi connectivity index (χ0) is 17.6. The van der Waals surface area contributed by atoms with E-state index >= 15 is 0 Å². The first-order valence-electron chi connectivity index (χ1n) is 9.51. The largest absolute Gasteiger partial charge is 0.368 e. The predicted molar refractivity (Wildman–Crippen MR) is 99.1 cm³/mol. The highest BCUT2D eigenvalue weighted by Gasteiger charge is 2.34. The number of nitrogens with two attached hydrogens (primary N) is 1. The minimum Gasteiger partial charge on any atom is -0.368 e. The number of nitrogens with one attached hydrogen (secondary N) is 1. The molecule has 7 nitrogen and oxygen atoms in total. The lowest BCUT2D eigenvalue weighted by atomic mass is 9.98. The minimum absolute atomic E-state index is 0.280. The van der Waals surface area contributed by atoms with Crippen LogP contribution in [-0.2, 0) is 4.79 Å². The molecule has 0 spiro atoms. The third-order valence-corrected chi connectivity index (χ3v) is 5.25. The van der Waals surface area contributed by atoms with Gasteiger partial charge in [0, 0.05) is 38.4 Å². The number of likely N-dealkylation sites (tertiary alicyclic amines) is 2. The van der Waals surface area contributed by atoms with Gasteiger partial charge in [-0.2, -0.15) is 4.98 Å². The van der Waals surface area contributed by atoms with Gasteiger partial charge in [-0.1, -0.05) is 13.3 Å². The van der Waals surface area contributed by atoms with Crippen molar-refractivity contribution in [3.63, 3.8) is 0 Å². The summed E-state index contributed by atoms with van der Waals surface area (Å²) in [5.74, 6) is 1.85. The van der Waals surface area contributed by atoms with E-state index in [4.69, 9.17) is 5.73 Å². The molecule has 3 N–H and O–H groups in total. The van der Waals surface area contributed by atoms with Gasteiger partial charge in [0.05, 0.1) is 6.54 Å². The lowest BCUT2D eigenvalue weighted by Crippen LogP contribution is -2.42. The average Bonchev–Trinajstić information content (AvgIpc) is 2.97. The van der Waals surface area contributed by atoms with Crippen molar-refractivity contribution in [2.45, 2.75) is 45.1 Å². The molecule has 7 heteroatoms. The van der Waals surface area contributed by atoms with Crippen LogP contribution in [0.25, 0.3) is 0 Å². The van der Waals surface area contributed by atoms with Gasteiger partial charge in [-0.15, -0.1) is 0 Å². The first-order chi connectivity index (χ1) is 12.2. The Morgan fingerprint density at radius 1 is 1.32 bits per heavy atom. The van der Waals surface area contributed by atoms with E-state index in [0.29, 0.717) is 18.5 Å². The summed E-state index contributed by atoms with van der Waals surface area (Å²) in [5.41, 5.74) is 5.68. The van der Waals surface area contributed by atoms with Gasteiger partial charge in [0.15, 0.2) is 0 Å². The number of carbonyl (C=O) groups is 1. The maximum atomic E-state index is 12.6. The standard InChI is InChI=1S/C18H30N6O/c1-2-6-14-11-23(13-17(25)24-9-4-3-5-10-24)12-15(14)21-16-7-8-20-18(19)22-16/h7-8,14-15H,2-6,9-13H2,1H3,(H3,19,20,21,22)/t14-,15-/m1/s1. The SMILES string of the molecule is CCC[C@@H]1CN(CC(=O)N2CCCCC2)C[C@H]1Nc1ccnc(N)n1. The molecule has 2 aliphatic heterocycles. The van der Waals surface area contributed by atoms with Gasteiger partial charge in [-0.25, -0.2) is 4.98 Å². The number of hydrogen-bond acceptors (Lipinski definition) is 6. The Bertz CT molecular complexity index is 574. The van der Waals surface area contributed by atoms with Gasteiger partial charge in [0.25, 0.3) is 0 Å². The second-order valence-corrected chi connectivity index (χ2v) is 7.24. The van der Waals surface area contributed by atoms with E-state index in [1.807, 2.05) is 11.0 Å². The summed E-state index contributed by atoms with van der Waals surface area (Å²) in [6.07, 6.45) is 7.49. The van der Waals surface area contributed by atoms with Crippen LogP contribution < -0.4 is 11.1 Å². The molecule has 2 aliphatic rings. The number of anilines is 2. The Hall–Kier alpha value is -1.89. The molecule has 2 atom stereocenters. The second kappa shape index (κ2) is 8.47. The lowest BCUT2D eigenvalue weighted by Gasteiger charge is -2.28. The van der Waals surface area contributed by atoms with E-state index < -0.39 is 0 Å². The topological polar surface area (TPSA) is 87.4 Å². The minimum atomic E-state index is 0.280. The zero-order valence-corrected chi connectivity index (χ0v) is 15.2. The number of nitrogens with zero attached hydrogens (tertiary/aromatic N) is 4. The summed E-state index contributed by atoms with van der Waals surface area (Å²) in [4.78, 5) is 25.1. The van der Waals surface area contributed by atoms with E-state index in [9.17, 15) is 4.79 Å². The second-order valence-electron chi connectivity index (χ2n) is 7.24. The van der Waals surface area contributed by atoms with Crippen molar-refractivity contribution >= 4 is 17.7 Å². The molecule has 3 heterocycles. The molecule has 0 radical (unpaired) electrons. The molecule has 3 rings (SSSR count). The van der Waals surface area contributed by atoms with Gasteiger partial charge in [-0.05, 0) is 37.7 Å². The van der Waals surface area contributed by atoms with Crippen molar-refractivity contribution in [3.05, 3.63) is 12.3 Å². The molecule has 2 fully saturated rings. The van der Waals surface area contributed by atoms with E-state index in [1.54, 1.807) is 6.20 Å². The lowest BCUT2D eigenvalue weighted by molar-refractivity contribution is -0.133. The van der Waals surface area contributed by atoms with Crippen LogP contribution in [0, 0.1) is 5.92 Å². The molecule has 1 aromatic heterocycles. The van der Waals surface area contributed by atoms with E-state index in [1.165, 1.54) is 6.42 Å². The van der Waals surface area contributed by atoms with Crippen LogP contribution in [0.2, 0.25) is 0 Å². The van der Waals surface area contributed by atoms with Crippen LogP contribution in [-0.4, -0.2) is 64.4 Å². The van der Waals surface area contributed by atoms with E-state index in [-0.39, 0.29) is 11.9 Å². The summed E-state index contributed by atoms with van der Waals surface area (Å²) >= 11 is 0. The Kier molecular flexibility index (Phi) is 6.07. The molecule has 25 heavy (non-hydrogen) atoms. The van der Waals surface area contributed by atoms with Crippen LogP contribution in [0.15, 0.2) is 12.3 Å². The number of piperidine rings is 1. The maximum absolute atomic E-state index is 12.6. The number of hydrogen-bond donors (Lipinski definition) is 2. The quantitative estimate of drug-likeness (QED) is 0.813. The van der Waals surface area contributed by atoms with Crippen molar-refractivity contribution in [1.29, 1.82) is 0 Å². The van der Waals surface area contributed by atoms with E-state index in [0.717, 1.165) is 57.7 Å². The zero-order valence-electron chi connectivity index (χ0n) is 15.2. The van der Waals surface area contributed by atoms with Gasteiger partial charge < -0.3 is 16.0 Å². The number of carbonyl (C=O) groups excluding carboxylic acids is 1. The number of rotatable bonds is 6. The molecule has 1 amide bonds. The van der Waals surface area contributed by atoms with Gasteiger partial charge in [0.1, 0.15) is 5.82 Å². The Morgan fingerprint density at radius 3 is 2.84 bits per heavy atom. The predicted octanol–water partition coefficient (Wildman–Crippen LogP) is 1.58. The fourth-order valence-electron chi connectivity index (χ4n) is 4.00. The smallest absolute Gasteiger partial charge is 0.236 e. The molecule has 2 saturated heterocycles. The number of aromatic nitrogens is 2. The fraction of sp³-hybridized carbons (Fsp3) is 0.722. The first-order valence-corrected chi connectivity index (χ1v) is 9.51. The van der Waals surface area contributed by atoms with E-state index in [2.05, 4.69) is 27.1 Å². The van der Waals surface area contributed by atoms with Crippen LogP contribution >= 0.6 is 0 Å². The van der Waals surface area contributed by atoms with Crippen LogP contribution in [0.5, 0.6) is 0 Å². The Balaban J connectivity index is 1.58. The summed E-state index contributed by atoms with van der Waals surface area (Å²) in [6, 6.07) is 2.14. The van der Waals surface area contributed by atoms with Gasteiger partial charge in [-0.3, -0.25) is 9.69 Å². The number of amides is 1. The third kappa shape index (κ3) is 4.81. The monoisotopic (exact) mass is 346 g/mol. The fourth-order valence-corrected chi connectivity index (χ4v) is 4.00. The first kappa shape index (κ1) is 17.9. The molecule has 0 bridgehead atoms. The molecule has 0 aliphatic carbocycles. The van der Waals surface area contributed by atoms with Crippen molar-refractivity contribution in [2.75, 3.05) is 43.8 Å². The van der Waals surface area contributed by atoms with Gasteiger partial charge in [0.2, 0.25) is 11.9 Å². The third-order valence-electron chi connectivity index (χ3n) is 5.25. The van der Waals surface area contributed by atoms with Crippen molar-refractivity contribution in [3.8, 4) is 0 Å². The molecule has 0 unspecified atom stereocenters. The molecular weight excluding hydrogens is 316 g/mol. The molecular formula is C18H30N6O.